The van der Waals surface area contributed by atoms with Crippen LogP contribution in [0.5, 0.6) is 0 Å². The number of carbonyl (C=O) groups excluding carboxylic acids is 1. The molecule has 3 N–H and O–H groups in total. The summed E-state index contributed by atoms with van der Waals surface area (Å²) < 4.78 is 0. The molecule has 118 valence electrons. The summed E-state index contributed by atoms with van der Waals surface area (Å²) in [6.45, 7) is 9.28. The van der Waals surface area contributed by atoms with Gasteiger partial charge in [0.05, 0.1) is 5.54 Å². The monoisotopic (exact) mass is 283 g/mol. The summed E-state index contributed by atoms with van der Waals surface area (Å²) in [4.78, 5) is 14.2. The van der Waals surface area contributed by atoms with Crippen LogP contribution in [-0.2, 0) is 4.79 Å². The molecule has 0 aromatic carbocycles. The second-order valence-electron chi connectivity index (χ2n) is 7.15. The lowest BCUT2D eigenvalue weighted by Crippen LogP contribution is -2.57. The third kappa shape index (κ3) is 5.06. The van der Waals surface area contributed by atoms with Crippen LogP contribution < -0.4 is 11.1 Å². The molecule has 0 heterocycles. The molecule has 0 spiro atoms. The number of rotatable bonds is 7. The topological polar surface area (TPSA) is 58.4 Å². The van der Waals surface area contributed by atoms with Gasteiger partial charge < -0.3 is 16.0 Å². The highest BCUT2D eigenvalue weighted by molar-refractivity contribution is 5.84. The first-order chi connectivity index (χ1) is 9.24. The van der Waals surface area contributed by atoms with E-state index in [9.17, 15) is 4.79 Å². The largest absolute Gasteiger partial charge is 0.368 e. The molecule has 0 aliphatic heterocycles. The molecular weight excluding hydrogens is 250 g/mol. The molecule has 3 atom stereocenters. The van der Waals surface area contributed by atoms with Crippen molar-refractivity contribution in [1.29, 1.82) is 0 Å². The third-order valence-corrected chi connectivity index (χ3v) is 4.65. The van der Waals surface area contributed by atoms with Crippen LogP contribution in [0.2, 0.25) is 0 Å². The quantitative estimate of drug-likeness (QED) is 0.752. The second-order valence-corrected chi connectivity index (χ2v) is 7.15. The van der Waals surface area contributed by atoms with Crippen molar-refractivity contribution in [3.8, 4) is 0 Å². The Morgan fingerprint density at radius 3 is 2.60 bits per heavy atom. The predicted octanol–water partition coefficient (Wildman–Crippen LogP) is 2.13. The summed E-state index contributed by atoms with van der Waals surface area (Å²) in [6, 6.07) is 0.919. The number of nitrogens with zero attached hydrogens (tertiary/aromatic N) is 1. The molecule has 0 saturated heterocycles. The Morgan fingerprint density at radius 1 is 1.45 bits per heavy atom. The van der Waals surface area contributed by atoms with Crippen LogP contribution in [0, 0.1) is 5.92 Å². The highest BCUT2D eigenvalue weighted by atomic mass is 16.1. The van der Waals surface area contributed by atoms with Gasteiger partial charge in [-0.15, -0.1) is 0 Å². The summed E-state index contributed by atoms with van der Waals surface area (Å²) in [7, 11) is 2.18. The number of nitrogens with one attached hydrogen (secondary N) is 1. The van der Waals surface area contributed by atoms with E-state index in [1.54, 1.807) is 0 Å². The zero-order chi connectivity index (χ0) is 15.3. The van der Waals surface area contributed by atoms with Crippen LogP contribution >= 0.6 is 0 Å². The van der Waals surface area contributed by atoms with Gasteiger partial charge in [-0.2, -0.15) is 0 Å². The SMILES string of the molecule is CC1CCCC(N(C)CCC(C)(NC(C)C)C(N)=O)C1. The van der Waals surface area contributed by atoms with Gasteiger partial charge in [-0.3, -0.25) is 4.79 Å². The van der Waals surface area contributed by atoms with Crippen molar-refractivity contribution in [2.24, 2.45) is 11.7 Å². The predicted molar refractivity (Wildman–Crippen MR) is 84.5 cm³/mol. The minimum Gasteiger partial charge on any atom is -0.368 e. The third-order valence-electron chi connectivity index (χ3n) is 4.65. The van der Waals surface area contributed by atoms with E-state index in [0.29, 0.717) is 6.04 Å². The molecule has 0 bridgehead atoms. The van der Waals surface area contributed by atoms with Crippen LogP contribution in [0.15, 0.2) is 0 Å². The standard InChI is InChI=1S/C16H33N3O/c1-12(2)18-16(4,15(17)20)9-10-19(5)14-8-6-7-13(3)11-14/h12-14,18H,6-11H2,1-5H3,(H2,17,20). The number of carbonyl (C=O) groups is 1. The summed E-state index contributed by atoms with van der Waals surface area (Å²) in [5.41, 5.74) is 4.98. The highest BCUT2D eigenvalue weighted by Gasteiger charge is 2.32. The van der Waals surface area contributed by atoms with Crippen molar-refractivity contribution < 1.29 is 4.79 Å². The molecule has 20 heavy (non-hydrogen) atoms. The van der Waals surface area contributed by atoms with Gasteiger partial charge in [-0.05, 0) is 53.0 Å². The molecule has 1 aliphatic rings. The van der Waals surface area contributed by atoms with Gasteiger partial charge in [0, 0.05) is 18.6 Å². The van der Waals surface area contributed by atoms with E-state index >= 15 is 0 Å². The van der Waals surface area contributed by atoms with Crippen molar-refractivity contribution in [2.75, 3.05) is 13.6 Å². The number of hydrogen-bond acceptors (Lipinski definition) is 3. The Labute approximate surface area is 124 Å². The molecule has 1 rings (SSSR count). The molecule has 0 aromatic heterocycles. The zero-order valence-corrected chi connectivity index (χ0v) is 13.9. The van der Waals surface area contributed by atoms with Crippen LogP contribution in [0.25, 0.3) is 0 Å². The Morgan fingerprint density at radius 2 is 2.10 bits per heavy atom. The van der Waals surface area contributed by atoms with Crippen LogP contribution in [0.1, 0.15) is 59.8 Å². The van der Waals surface area contributed by atoms with Gasteiger partial charge in [-0.25, -0.2) is 0 Å². The average Bonchev–Trinajstić information content (AvgIpc) is 2.35. The lowest BCUT2D eigenvalue weighted by molar-refractivity contribution is -0.124. The van der Waals surface area contributed by atoms with Crippen molar-refractivity contribution >= 4 is 5.91 Å². The van der Waals surface area contributed by atoms with Crippen molar-refractivity contribution in [3.63, 3.8) is 0 Å². The molecule has 3 unspecified atom stereocenters. The first-order valence-corrected chi connectivity index (χ1v) is 8.02. The number of hydrogen-bond donors (Lipinski definition) is 2. The smallest absolute Gasteiger partial charge is 0.237 e. The van der Waals surface area contributed by atoms with E-state index in [1.165, 1.54) is 25.7 Å². The Balaban J connectivity index is 2.52. The van der Waals surface area contributed by atoms with E-state index in [4.69, 9.17) is 5.73 Å². The van der Waals surface area contributed by atoms with Gasteiger partial charge in [0.2, 0.25) is 5.91 Å². The van der Waals surface area contributed by atoms with E-state index in [1.807, 2.05) is 20.8 Å². The summed E-state index contributed by atoms with van der Waals surface area (Å²) in [6.07, 6.45) is 6.01. The summed E-state index contributed by atoms with van der Waals surface area (Å²) in [5.74, 6) is 0.573. The Hall–Kier alpha value is -0.610. The molecule has 4 nitrogen and oxygen atoms in total. The van der Waals surface area contributed by atoms with E-state index in [-0.39, 0.29) is 11.9 Å². The van der Waals surface area contributed by atoms with Gasteiger partial charge in [0.25, 0.3) is 0 Å². The van der Waals surface area contributed by atoms with Crippen LogP contribution in [0.3, 0.4) is 0 Å². The number of nitrogens with two attached hydrogens (primary N) is 1. The Kier molecular flexibility index (Phi) is 6.46. The lowest BCUT2D eigenvalue weighted by atomic mass is 9.86. The first kappa shape index (κ1) is 17.4. The molecular formula is C16H33N3O. The molecule has 0 radical (unpaired) electrons. The fourth-order valence-corrected chi connectivity index (χ4v) is 3.29. The minimum absolute atomic E-state index is 0.253. The normalized spacial score (nSPS) is 26.8. The zero-order valence-electron chi connectivity index (χ0n) is 13.9. The fraction of sp³-hybridized carbons (Fsp3) is 0.938. The maximum Gasteiger partial charge on any atom is 0.237 e. The highest BCUT2D eigenvalue weighted by Crippen LogP contribution is 2.27. The number of amides is 1. The second kappa shape index (κ2) is 7.41. The first-order valence-electron chi connectivity index (χ1n) is 8.02. The van der Waals surface area contributed by atoms with Gasteiger partial charge in [0.15, 0.2) is 0 Å². The van der Waals surface area contributed by atoms with Crippen molar-refractivity contribution in [3.05, 3.63) is 0 Å². The van der Waals surface area contributed by atoms with Gasteiger partial charge in [-0.1, -0.05) is 19.8 Å². The maximum absolute atomic E-state index is 11.7. The van der Waals surface area contributed by atoms with Crippen LogP contribution in [0.4, 0.5) is 0 Å². The lowest BCUT2D eigenvalue weighted by Gasteiger charge is -2.37. The molecule has 1 saturated carbocycles. The maximum atomic E-state index is 11.7. The molecule has 1 aliphatic carbocycles. The molecule has 0 aromatic rings. The number of primary amides is 1. The van der Waals surface area contributed by atoms with Crippen LogP contribution in [-0.4, -0.2) is 42.0 Å². The van der Waals surface area contributed by atoms with Crippen molar-refractivity contribution in [2.45, 2.75) is 77.4 Å². The van der Waals surface area contributed by atoms with E-state index in [0.717, 1.165) is 18.9 Å². The van der Waals surface area contributed by atoms with E-state index < -0.39 is 5.54 Å². The minimum atomic E-state index is -0.608. The van der Waals surface area contributed by atoms with E-state index in [2.05, 4.69) is 24.2 Å². The summed E-state index contributed by atoms with van der Waals surface area (Å²) >= 11 is 0. The van der Waals surface area contributed by atoms with Gasteiger partial charge in [0.1, 0.15) is 0 Å². The molecule has 4 heteroatoms. The Bertz CT molecular complexity index is 319. The fourth-order valence-electron chi connectivity index (χ4n) is 3.29. The van der Waals surface area contributed by atoms with Crippen molar-refractivity contribution in [1.82, 2.24) is 10.2 Å². The molecule has 1 amide bonds. The average molecular weight is 283 g/mol. The molecule has 1 fully saturated rings. The van der Waals surface area contributed by atoms with Gasteiger partial charge >= 0.3 is 0 Å². The summed E-state index contributed by atoms with van der Waals surface area (Å²) in [5, 5.41) is 3.32.